The largest absolute Gasteiger partial charge is 0.496 e. The summed E-state index contributed by atoms with van der Waals surface area (Å²) in [5.41, 5.74) is 6.76. The standard InChI is InChI=1S/C15H13BrClNO3/c1-20-12-7-10(16)13(21-2)6-9(12)15(19)8-4-3-5-11(18)14(8)17/h3-7H,18H2,1-2H3. The molecule has 6 heteroatoms. The van der Waals surface area contributed by atoms with Crippen LogP contribution in [0.5, 0.6) is 11.5 Å². The summed E-state index contributed by atoms with van der Waals surface area (Å²) >= 11 is 9.46. The number of ether oxygens (including phenoxy) is 2. The van der Waals surface area contributed by atoms with Gasteiger partial charge in [-0.1, -0.05) is 17.7 Å². The van der Waals surface area contributed by atoms with Crippen molar-refractivity contribution in [3.8, 4) is 11.5 Å². The fourth-order valence-electron chi connectivity index (χ4n) is 1.91. The Kier molecular flexibility index (Phi) is 4.75. The molecule has 0 saturated heterocycles. The molecule has 2 aromatic carbocycles. The van der Waals surface area contributed by atoms with E-state index < -0.39 is 0 Å². The van der Waals surface area contributed by atoms with Crippen LogP contribution in [0.25, 0.3) is 0 Å². The number of hydrogen-bond acceptors (Lipinski definition) is 4. The molecule has 2 N–H and O–H groups in total. The maximum absolute atomic E-state index is 12.7. The van der Waals surface area contributed by atoms with Gasteiger partial charge in [-0.3, -0.25) is 4.79 Å². The van der Waals surface area contributed by atoms with Gasteiger partial charge in [0.25, 0.3) is 0 Å². The number of nitrogen functional groups attached to an aromatic ring is 1. The summed E-state index contributed by atoms with van der Waals surface area (Å²) in [5.74, 6) is 0.667. The minimum absolute atomic E-state index is 0.228. The third-order valence-corrected chi connectivity index (χ3v) is 4.03. The van der Waals surface area contributed by atoms with Crippen LogP contribution in [0.1, 0.15) is 15.9 Å². The molecule has 0 aliphatic carbocycles. The maximum Gasteiger partial charge on any atom is 0.198 e. The second kappa shape index (κ2) is 6.37. The van der Waals surface area contributed by atoms with E-state index in [9.17, 15) is 4.79 Å². The zero-order chi connectivity index (χ0) is 15.6. The van der Waals surface area contributed by atoms with Crippen LogP contribution in [0, 0.1) is 0 Å². The van der Waals surface area contributed by atoms with Crippen LogP contribution < -0.4 is 15.2 Å². The molecule has 4 nitrogen and oxygen atoms in total. The molecule has 21 heavy (non-hydrogen) atoms. The van der Waals surface area contributed by atoms with Crippen molar-refractivity contribution >= 4 is 39.0 Å². The molecule has 0 radical (unpaired) electrons. The monoisotopic (exact) mass is 369 g/mol. The van der Waals surface area contributed by atoms with Gasteiger partial charge in [-0.15, -0.1) is 0 Å². The topological polar surface area (TPSA) is 61.5 Å². The second-order valence-corrected chi connectivity index (χ2v) is 5.46. The van der Waals surface area contributed by atoms with E-state index in [1.165, 1.54) is 14.2 Å². The number of nitrogens with two attached hydrogens (primary N) is 1. The van der Waals surface area contributed by atoms with Crippen molar-refractivity contribution in [2.24, 2.45) is 0 Å². The van der Waals surface area contributed by atoms with Crippen LogP contribution in [0.4, 0.5) is 5.69 Å². The van der Waals surface area contributed by atoms with E-state index in [1.807, 2.05) is 0 Å². The summed E-state index contributed by atoms with van der Waals surface area (Å²) in [5, 5.41) is 0.228. The molecule has 2 rings (SSSR count). The van der Waals surface area contributed by atoms with Crippen LogP contribution in [-0.2, 0) is 0 Å². The highest BCUT2D eigenvalue weighted by Crippen LogP contribution is 2.35. The van der Waals surface area contributed by atoms with Crippen LogP contribution in [0.3, 0.4) is 0 Å². The van der Waals surface area contributed by atoms with E-state index in [4.69, 9.17) is 26.8 Å². The Balaban J connectivity index is 2.60. The number of methoxy groups -OCH3 is 2. The van der Waals surface area contributed by atoms with Gasteiger partial charge in [0.15, 0.2) is 5.78 Å². The first kappa shape index (κ1) is 15.7. The van der Waals surface area contributed by atoms with Gasteiger partial charge in [-0.05, 0) is 40.2 Å². The first-order valence-corrected chi connectivity index (χ1v) is 7.17. The molecule has 0 aliphatic rings. The Bertz CT molecular complexity index is 704. The first-order valence-electron chi connectivity index (χ1n) is 5.99. The SMILES string of the molecule is COc1cc(C(=O)c2cccc(N)c2Cl)c(OC)cc1Br. The summed E-state index contributed by atoms with van der Waals surface area (Å²) in [6.45, 7) is 0. The average molecular weight is 371 g/mol. The molecule has 0 saturated carbocycles. The molecule has 0 unspecified atom stereocenters. The van der Waals surface area contributed by atoms with Crippen molar-refractivity contribution in [3.63, 3.8) is 0 Å². The van der Waals surface area contributed by atoms with Crippen LogP contribution in [0.2, 0.25) is 5.02 Å². The molecule has 0 aliphatic heterocycles. The predicted octanol–water partition coefficient (Wildman–Crippen LogP) is 3.93. The van der Waals surface area contributed by atoms with Gasteiger partial charge in [0.1, 0.15) is 11.5 Å². The molecule has 0 bridgehead atoms. The van der Waals surface area contributed by atoms with Crippen molar-refractivity contribution in [3.05, 3.63) is 51.0 Å². The van der Waals surface area contributed by atoms with Crippen molar-refractivity contribution in [2.45, 2.75) is 0 Å². The van der Waals surface area contributed by atoms with E-state index in [0.29, 0.717) is 32.8 Å². The molecular weight excluding hydrogens is 358 g/mol. The fourth-order valence-corrected chi connectivity index (χ4v) is 2.60. The van der Waals surface area contributed by atoms with E-state index in [2.05, 4.69) is 15.9 Å². The van der Waals surface area contributed by atoms with E-state index >= 15 is 0 Å². The van der Waals surface area contributed by atoms with Crippen LogP contribution in [-0.4, -0.2) is 20.0 Å². The normalized spacial score (nSPS) is 10.3. The number of hydrogen-bond donors (Lipinski definition) is 1. The summed E-state index contributed by atoms with van der Waals surface area (Å²) < 4.78 is 11.2. The van der Waals surface area contributed by atoms with Crippen molar-refractivity contribution < 1.29 is 14.3 Å². The van der Waals surface area contributed by atoms with Gasteiger partial charge in [0.05, 0.1) is 35.0 Å². The Hall–Kier alpha value is -1.72. The Morgan fingerprint density at radius 3 is 2.43 bits per heavy atom. The summed E-state index contributed by atoms with van der Waals surface area (Å²) in [7, 11) is 3.01. The van der Waals surface area contributed by atoms with Gasteiger partial charge in [-0.2, -0.15) is 0 Å². The van der Waals surface area contributed by atoms with Crippen LogP contribution in [0.15, 0.2) is 34.8 Å². The number of halogens is 2. The highest BCUT2D eigenvalue weighted by Gasteiger charge is 2.20. The summed E-state index contributed by atoms with van der Waals surface area (Å²) in [6.07, 6.45) is 0. The number of carbonyl (C=O) groups excluding carboxylic acids is 1. The van der Waals surface area contributed by atoms with E-state index in [1.54, 1.807) is 30.3 Å². The Labute approximate surface area is 135 Å². The first-order chi connectivity index (χ1) is 9.99. The van der Waals surface area contributed by atoms with Crippen molar-refractivity contribution in [2.75, 3.05) is 20.0 Å². The fraction of sp³-hybridized carbons (Fsp3) is 0.133. The third kappa shape index (κ3) is 2.99. The molecule has 0 amide bonds. The highest BCUT2D eigenvalue weighted by atomic mass is 79.9. The zero-order valence-electron chi connectivity index (χ0n) is 11.4. The summed E-state index contributed by atoms with van der Waals surface area (Å²) in [4.78, 5) is 12.7. The van der Waals surface area contributed by atoms with Gasteiger partial charge in [0.2, 0.25) is 0 Å². The van der Waals surface area contributed by atoms with Crippen molar-refractivity contribution in [1.82, 2.24) is 0 Å². The molecule has 110 valence electrons. The highest BCUT2D eigenvalue weighted by molar-refractivity contribution is 9.10. The number of ketones is 1. The molecule has 0 atom stereocenters. The number of carbonyl (C=O) groups is 1. The Morgan fingerprint density at radius 1 is 1.14 bits per heavy atom. The zero-order valence-corrected chi connectivity index (χ0v) is 13.8. The van der Waals surface area contributed by atoms with Crippen molar-refractivity contribution in [1.29, 1.82) is 0 Å². The van der Waals surface area contributed by atoms with Crippen LogP contribution >= 0.6 is 27.5 Å². The van der Waals surface area contributed by atoms with Gasteiger partial charge >= 0.3 is 0 Å². The lowest BCUT2D eigenvalue weighted by Crippen LogP contribution is -2.06. The lowest BCUT2D eigenvalue weighted by Gasteiger charge is -2.12. The lowest BCUT2D eigenvalue weighted by molar-refractivity contribution is 0.103. The average Bonchev–Trinajstić information content (AvgIpc) is 2.49. The molecule has 0 fully saturated rings. The minimum atomic E-state index is -0.282. The molecule has 0 aromatic heterocycles. The van der Waals surface area contributed by atoms with E-state index in [0.717, 1.165) is 0 Å². The number of rotatable bonds is 4. The van der Waals surface area contributed by atoms with Gasteiger partial charge in [-0.25, -0.2) is 0 Å². The van der Waals surface area contributed by atoms with Gasteiger partial charge < -0.3 is 15.2 Å². The predicted molar refractivity (Wildman–Crippen MR) is 86.5 cm³/mol. The second-order valence-electron chi connectivity index (χ2n) is 4.22. The third-order valence-electron chi connectivity index (χ3n) is 2.99. The minimum Gasteiger partial charge on any atom is -0.496 e. The van der Waals surface area contributed by atoms with Gasteiger partial charge in [0, 0.05) is 5.56 Å². The molecule has 0 spiro atoms. The maximum atomic E-state index is 12.7. The lowest BCUT2D eigenvalue weighted by atomic mass is 10.0. The Morgan fingerprint density at radius 2 is 1.81 bits per heavy atom. The molecular formula is C15H13BrClNO3. The molecule has 2 aromatic rings. The van der Waals surface area contributed by atoms with E-state index in [-0.39, 0.29) is 10.8 Å². The number of benzene rings is 2. The quantitative estimate of drug-likeness (QED) is 0.654. The smallest absolute Gasteiger partial charge is 0.198 e. The summed E-state index contributed by atoms with van der Waals surface area (Å²) in [6, 6.07) is 8.21. The molecule has 0 heterocycles. The number of anilines is 1.